The van der Waals surface area contributed by atoms with E-state index in [4.69, 9.17) is 16.3 Å². The average molecular weight is 475 g/mol. The predicted molar refractivity (Wildman–Crippen MR) is 121 cm³/mol. The minimum atomic E-state index is -4.38. The van der Waals surface area contributed by atoms with E-state index in [2.05, 4.69) is 0 Å². The smallest absolute Gasteiger partial charge is 0.273 e. The lowest BCUT2D eigenvalue weighted by molar-refractivity contribution is -0.385. The van der Waals surface area contributed by atoms with Crippen LogP contribution < -0.4 is 9.04 Å². The van der Waals surface area contributed by atoms with E-state index in [0.717, 1.165) is 11.6 Å². The zero-order chi connectivity index (χ0) is 23.6. The largest absolute Gasteiger partial charge is 0.495 e. The lowest BCUT2D eigenvalue weighted by Crippen LogP contribution is -2.37. The van der Waals surface area contributed by atoms with Crippen LogP contribution in [0, 0.1) is 24.0 Å². The Labute approximate surface area is 190 Å². The molecule has 0 aliphatic rings. The highest BCUT2D eigenvalue weighted by atomic mass is 35.5. The maximum Gasteiger partial charge on any atom is 0.273 e. The van der Waals surface area contributed by atoms with Gasteiger partial charge in [-0.15, -0.1) is 0 Å². The quantitative estimate of drug-likeness (QED) is 0.371. The Morgan fingerprint density at radius 1 is 1.03 bits per heavy atom. The summed E-state index contributed by atoms with van der Waals surface area (Å²) in [5, 5.41) is 11.4. The number of hydrogen-bond acceptors (Lipinski definition) is 6. The summed E-state index contributed by atoms with van der Waals surface area (Å²) < 4.78 is 32.7. The van der Waals surface area contributed by atoms with Gasteiger partial charge in [-0.05, 0) is 50.2 Å². The minimum absolute atomic E-state index is 0.0374. The maximum absolute atomic E-state index is 13.5. The van der Waals surface area contributed by atoms with Gasteiger partial charge in [-0.3, -0.25) is 14.9 Å². The molecule has 0 bridgehead atoms. The number of carbonyl (C=O) groups excluding carboxylic acids is 1. The third-order valence-electron chi connectivity index (χ3n) is 4.77. The van der Waals surface area contributed by atoms with Crippen molar-refractivity contribution in [3.8, 4) is 5.75 Å². The van der Waals surface area contributed by atoms with E-state index in [1.54, 1.807) is 19.1 Å². The second-order valence-corrected chi connectivity index (χ2v) is 9.16. The van der Waals surface area contributed by atoms with Crippen LogP contribution >= 0.6 is 11.6 Å². The van der Waals surface area contributed by atoms with Crippen LogP contribution in [0.4, 0.5) is 11.4 Å². The van der Waals surface area contributed by atoms with Crippen LogP contribution in [0.5, 0.6) is 5.75 Å². The number of aryl methyl sites for hydroxylation is 2. The van der Waals surface area contributed by atoms with Crippen LogP contribution in [0.3, 0.4) is 0 Å². The average Bonchev–Trinajstić information content (AvgIpc) is 2.74. The number of benzene rings is 3. The third-order valence-corrected chi connectivity index (χ3v) is 6.79. The van der Waals surface area contributed by atoms with Gasteiger partial charge in [-0.1, -0.05) is 35.4 Å². The molecule has 166 valence electrons. The molecule has 32 heavy (non-hydrogen) atoms. The van der Waals surface area contributed by atoms with Crippen molar-refractivity contribution in [2.45, 2.75) is 18.7 Å². The second-order valence-electron chi connectivity index (χ2n) is 6.96. The molecule has 0 heterocycles. The summed E-state index contributed by atoms with van der Waals surface area (Å²) in [6.45, 7) is 3.32. The van der Waals surface area contributed by atoms with E-state index in [1.807, 2.05) is 0 Å². The fraction of sp³-hybridized carbons (Fsp3) is 0.136. The molecule has 0 aliphatic carbocycles. The first kappa shape index (κ1) is 23.2. The van der Waals surface area contributed by atoms with Crippen molar-refractivity contribution in [2.75, 3.05) is 11.4 Å². The number of sulfonamides is 1. The van der Waals surface area contributed by atoms with E-state index >= 15 is 0 Å². The first-order chi connectivity index (χ1) is 15.1. The van der Waals surface area contributed by atoms with Crippen molar-refractivity contribution in [1.82, 2.24) is 0 Å². The van der Waals surface area contributed by atoms with Crippen LogP contribution in [0.1, 0.15) is 21.5 Å². The topological polar surface area (TPSA) is 107 Å². The molecule has 0 spiro atoms. The number of halogens is 1. The highest BCUT2D eigenvalue weighted by molar-refractivity contribution is 7.93. The Hall–Kier alpha value is -3.43. The Balaban J connectivity index is 2.22. The van der Waals surface area contributed by atoms with E-state index in [0.29, 0.717) is 15.6 Å². The third kappa shape index (κ3) is 4.44. The maximum atomic E-state index is 13.5. The van der Waals surface area contributed by atoms with Crippen molar-refractivity contribution in [3.63, 3.8) is 0 Å². The number of nitro benzene ring substituents is 1. The van der Waals surface area contributed by atoms with Crippen LogP contribution in [-0.4, -0.2) is 26.4 Å². The van der Waals surface area contributed by atoms with E-state index in [-0.39, 0.29) is 26.9 Å². The van der Waals surface area contributed by atoms with Gasteiger partial charge in [0.2, 0.25) is 0 Å². The SMILES string of the molecule is COc1ccc(N(C(=O)c2ccc(C)c([N+](=O)[O-])c2)S(=O)(=O)c2ccc(C)cc2)cc1Cl. The van der Waals surface area contributed by atoms with Crippen LogP contribution in [0.2, 0.25) is 5.02 Å². The number of methoxy groups -OCH3 is 1. The van der Waals surface area contributed by atoms with E-state index < -0.39 is 20.9 Å². The van der Waals surface area contributed by atoms with Crippen molar-refractivity contribution in [3.05, 3.63) is 92.5 Å². The normalized spacial score (nSPS) is 11.1. The lowest BCUT2D eigenvalue weighted by atomic mass is 10.1. The number of amides is 1. The number of ether oxygens (including phenoxy) is 1. The number of rotatable bonds is 6. The standard InChI is InChI=1S/C22H19ClN2O6S/c1-14-4-9-18(10-5-14)32(29,30)24(17-8-11-21(31-3)19(23)13-17)22(26)16-7-6-15(2)20(12-16)25(27)28/h4-13H,1-3H3. The first-order valence-electron chi connectivity index (χ1n) is 9.31. The van der Waals surface area contributed by atoms with Crippen LogP contribution in [-0.2, 0) is 10.0 Å². The molecule has 3 rings (SSSR count). The molecule has 10 heteroatoms. The Kier molecular flexibility index (Phi) is 6.52. The van der Waals surface area contributed by atoms with Crippen molar-refractivity contribution < 1.29 is 22.9 Å². The molecule has 3 aromatic carbocycles. The fourth-order valence-electron chi connectivity index (χ4n) is 3.02. The number of hydrogen-bond donors (Lipinski definition) is 0. The number of nitro groups is 1. The molecule has 0 fully saturated rings. The van der Waals surface area contributed by atoms with Gasteiger partial charge in [0, 0.05) is 17.2 Å². The summed E-state index contributed by atoms with van der Waals surface area (Å²) in [5.41, 5.74) is 0.682. The molecular formula is C22H19ClN2O6S. The Morgan fingerprint density at radius 3 is 2.25 bits per heavy atom. The van der Waals surface area contributed by atoms with Crippen LogP contribution in [0.15, 0.2) is 65.6 Å². The summed E-state index contributed by atoms with van der Waals surface area (Å²) in [6, 6.07) is 13.8. The summed E-state index contributed by atoms with van der Waals surface area (Å²) in [6.07, 6.45) is 0. The first-order valence-corrected chi connectivity index (χ1v) is 11.1. The molecule has 1 amide bonds. The molecule has 0 saturated heterocycles. The molecular weight excluding hydrogens is 456 g/mol. The summed E-state index contributed by atoms with van der Waals surface area (Å²) in [5.74, 6) is -0.670. The summed E-state index contributed by atoms with van der Waals surface area (Å²) in [4.78, 5) is 24.0. The molecule has 0 atom stereocenters. The van der Waals surface area contributed by atoms with E-state index in [9.17, 15) is 23.3 Å². The number of nitrogens with zero attached hydrogens (tertiary/aromatic N) is 2. The molecule has 0 aromatic heterocycles. The van der Waals surface area contributed by atoms with Gasteiger partial charge in [-0.2, -0.15) is 4.31 Å². The molecule has 8 nitrogen and oxygen atoms in total. The molecule has 0 aliphatic heterocycles. The molecule has 0 N–H and O–H groups in total. The zero-order valence-corrected chi connectivity index (χ0v) is 19.0. The van der Waals surface area contributed by atoms with Crippen molar-refractivity contribution in [1.29, 1.82) is 0 Å². The van der Waals surface area contributed by atoms with Crippen molar-refractivity contribution in [2.24, 2.45) is 0 Å². The second kappa shape index (κ2) is 8.97. The molecule has 3 aromatic rings. The number of anilines is 1. The number of carbonyl (C=O) groups is 1. The van der Waals surface area contributed by atoms with Gasteiger partial charge >= 0.3 is 0 Å². The van der Waals surface area contributed by atoms with E-state index in [1.165, 1.54) is 56.5 Å². The zero-order valence-electron chi connectivity index (χ0n) is 17.4. The van der Waals surface area contributed by atoms with Gasteiger partial charge in [-0.25, -0.2) is 8.42 Å². The highest BCUT2D eigenvalue weighted by Crippen LogP contribution is 2.33. The molecule has 0 radical (unpaired) electrons. The minimum Gasteiger partial charge on any atom is -0.495 e. The van der Waals surface area contributed by atoms with Gasteiger partial charge in [0.05, 0.1) is 27.6 Å². The highest BCUT2D eigenvalue weighted by Gasteiger charge is 2.33. The fourth-order valence-corrected chi connectivity index (χ4v) is 4.68. The van der Waals surface area contributed by atoms with Gasteiger partial charge < -0.3 is 4.74 Å². The van der Waals surface area contributed by atoms with Crippen LogP contribution in [0.25, 0.3) is 0 Å². The molecule has 0 saturated carbocycles. The van der Waals surface area contributed by atoms with Gasteiger partial charge in [0.15, 0.2) is 0 Å². The monoisotopic (exact) mass is 474 g/mol. The predicted octanol–water partition coefficient (Wildman–Crippen LogP) is 4.91. The van der Waals surface area contributed by atoms with Crippen molar-refractivity contribution >= 4 is 38.9 Å². The van der Waals surface area contributed by atoms with Gasteiger partial charge in [0.1, 0.15) is 5.75 Å². The van der Waals surface area contributed by atoms with Gasteiger partial charge in [0.25, 0.3) is 21.6 Å². The lowest BCUT2D eigenvalue weighted by Gasteiger charge is -2.23. The summed E-state index contributed by atoms with van der Waals surface area (Å²) in [7, 11) is -2.98. The Bertz CT molecular complexity index is 1310. The summed E-state index contributed by atoms with van der Waals surface area (Å²) >= 11 is 6.18. The molecule has 0 unspecified atom stereocenters. The Morgan fingerprint density at radius 2 is 1.69 bits per heavy atom.